The molecule has 5 nitrogen and oxygen atoms in total. The molecule has 0 saturated carbocycles. The van der Waals surface area contributed by atoms with Crippen LogP contribution in [-0.2, 0) is 9.59 Å². The normalized spacial score (nSPS) is 25.1. The second kappa shape index (κ2) is 6.00. The van der Waals surface area contributed by atoms with E-state index in [1.807, 2.05) is 20.8 Å². The van der Waals surface area contributed by atoms with Gasteiger partial charge in [-0.15, -0.1) is 0 Å². The first kappa shape index (κ1) is 14.0. The fraction of sp³-hybridized carbons (Fsp3) is 0.833. The number of carbonyl (C=O) groups is 2. The van der Waals surface area contributed by atoms with Crippen LogP contribution in [0.4, 0.5) is 0 Å². The first-order valence-electron chi connectivity index (χ1n) is 6.19. The van der Waals surface area contributed by atoms with E-state index in [1.54, 1.807) is 0 Å². The van der Waals surface area contributed by atoms with Crippen molar-refractivity contribution in [3.05, 3.63) is 0 Å². The van der Waals surface area contributed by atoms with Crippen LogP contribution in [-0.4, -0.2) is 47.1 Å². The summed E-state index contributed by atoms with van der Waals surface area (Å²) in [5.74, 6) is -0.975. The lowest BCUT2D eigenvalue weighted by atomic mass is 9.91. The van der Waals surface area contributed by atoms with Crippen LogP contribution in [0.1, 0.15) is 33.6 Å². The number of rotatable bonds is 4. The molecule has 0 aromatic heterocycles. The molecule has 1 rings (SSSR count). The summed E-state index contributed by atoms with van der Waals surface area (Å²) in [6.07, 6.45) is 1.76. The van der Waals surface area contributed by atoms with Crippen molar-refractivity contribution in [1.29, 1.82) is 0 Å². The highest BCUT2D eigenvalue weighted by molar-refractivity contribution is 5.85. The predicted molar refractivity (Wildman–Crippen MR) is 64.7 cm³/mol. The average molecular weight is 242 g/mol. The Labute approximate surface area is 102 Å². The highest BCUT2D eigenvalue weighted by atomic mass is 16.4. The second-order valence-corrected chi connectivity index (χ2v) is 5.03. The zero-order chi connectivity index (χ0) is 13.0. The Kier molecular flexibility index (Phi) is 4.93. The standard InChI is InChI=1S/C12H22N2O3/c1-8(2)13-7-10(15)14-6-4-5-9(3)11(14)12(16)17/h8-9,11,13H,4-7H2,1-3H3,(H,16,17). The van der Waals surface area contributed by atoms with E-state index in [-0.39, 0.29) is 24.4 Å². The number of carbonyl (C=O) groups excluding carboxylic acids is 1. The molecule has 0 spiro atoms. The van der Waals surface area contributed by atoms with Crippen LogP contribution in [0.2, 0.25) is 0 Å². The first-order valence-corrected chi connectivity index (χ1v) is 6.19. The van der Waals surface area contributed by atoms with Gasteiger partial charge in [-0.3, -0.25) is 4.79 Å². The fourth-order valence-corrected chi connectivity index (χ4v) is 2.24. The van der Waals surface area contributed by atoms with Crippen molar-refractivity contribution in [3.63, 3.8) is 0 Å². The number of nitrogens with zero attached hydrogens (tertiary/aromatic N) is 1. The van der Waals surface area contributed by atoms with Crippen molar-refractivity contribution < 1.29 is 14.7 Å². The molecule has 0 aliphatic carbocycles. The van der Waals surface area contributed by atoms with Crippen molar-refractivity contribution in [2.24, 2.45) is 5.92 Å². The van der Waals surface area contributed by atoms with E-state index in [1.165, 1.54) is 4.90 Å². The zero-order valence-corrected chi connectivity index (χ0v) is 10.8. The molecule has 0 aromatic carbocycles. The number of aliphatic carboxylic acids is 1. The SMILES string of the molecule is CC(C)NCC(=O)N1CCCC(C)C1C(=O)O. The van der Waals surface area contributed by atoms with Gasteiger partial charge in [0.05, 0.1) is 6.54 Å². The van der Waals surface area contributed by atoms with Gasteiger partial charge in [0.1, 0.15) is 6.04 Å². The molecule has 1 amide bonds. The second-order valence-electron chi connectivity index (χ2n) is 5.03. The van der Waals surface area contributed by atoms with Crippen molar-refractivity contribution >= 4 is 11.9 Å². The lowest BCUT2D eigenvalue weighted by molar-refractivity contribution is -0.154. The molecule has 0 radical (unpaired) electrons. The summed E-state index contributed by atoms with van der Waals surface area (Å²) in [7, 11) is 0. The number of hydrogen-bond donors (Lipinski definition) is 2. The van der Waals surface area contributed by atoms with Crippen LogP contribution in [0.3, 0.4) is 0 Å². The number of piperidine rings is 1. The Balaban J connectivity index is 2.65. The topological polar surface area (TPSA) is 69.6 Å². The quantitative estimate of drug-likeness (QED) is 0.761. The van der Waals surface area contributed by atoms with Crippen LogP contribution in [0.5, 0.6) is 0 Å². The number of carboxylic acid groups (broad SMARTS) is 1. The summed E-state index contributed by atoms with van der Waals surface area (Å²) in [6, 6.07) is -0.436. The van der Waals surface area contributed by atoms with Gasteiger partial charge < -0.3 is 15.3 Å². The smallest absolute Gasteiger partial charge is 0.326 e. The maximum atomic E-state index is 12.0. The largest absolute Gasteiger partial charge is 0.480 e. The molecule has 1 heterocycles. The van der Waals surface area contributed by atoms with E-state index in [0.717, 1.165) is 12.8 Å². The van der Waals surface area contributed by atoms with E-state index in [9.17, 15) is 14.7 Å². The van der Waals surface area contributed by atoms with Gasteiger partial charge in [-0.05, 0) is 18.8 Å². The van der Waals surface area contributed by atoms with E-state index < -0.39 is 12.0 Å². The molecule has 1 saturated heterocycles. The van der Waals surface area contributed by atoms with Gasteiger partial charge in [0.15, 0.2) is 0 Å². The maximum Gasteiger partial charge on any atom is 0.326 e. The molecule has 1 aliphatic heterocycles. The molecule has 2 N–H and O–H groups in total. The van der Waals surface area contributed by atoms with Crippen LogP contribution < -0.4 is 5.32 Å². The third kappa shape index (κ3) is 3.70. The predicted octanol–water partition coefficient (Wildman–Crippen LogP) is 0.696. The molecular formula is C12H22N2O3. The summed E-state index contributed by atoms with van der Waals surface area (Å²) in [5.41, 5.74) is 0. The molecule has 0 aromatic rings. The van der Waals surface area contributed by atoms with Gasteiger partial charge in [0, 0.05) is 12.6 Å². The molecule has 17 heavy (non-hydrogen) atoms. The zero-order valence-electron chi connectivity index (χ0n) is 10.8. The summed E-state index contributed by atoms with van der Waals surface area (Å²) in [5, 5.41) is 12.2. The third-order valence-electron chi connectivity index (χ3n) is 3.17. The van der Waals surface area contributed by atoms with Crippen LogP contribution in [0.25, 0.3) is 0 Å². The molecular weight excluding hydrogens is 220 g/mol. The van der Waals surface area contributed by atoms with Gasteiger partial charge >= 0.3 is 5.97 Å². The average Bonchev–Trinajstić information content (AvgIpc) is 2.24. The highest BCUT2D eigenvalue weighted by Crippen LogP contribution is 2.23. The van der Waals surface area contributed by atoms with Gasteiger partial charge in [-0.1, -0.05) is 20.8 Å². The van der Waals surface area contributed by atoms with Crippen molar-refractivity contribution in [2.45, 2.75) is 45.7 Å². The summed E-state index contributed by atoms with van der Waals surface area (Å²) in [4.78, 5) is 24.7. The number of likely N-dealkylation sites (tertiary alicyclic amines) is 1. The summed E-state index contributed by atoms with van der Waals surface area (Å²) >= 11 is 0. The number of amides is 1. The molecule has 0 bridgehead atoms. The van der Waals surface area contributed by atoms with Crippen molar-refractivity contribution in [1.82, 2.24) is 10.2 Å². The molecule has 5 heteroatoms. The Hall–Kier alpha value is -1.10. The molecule has 1 aliphatic rings. The van der Waals surface area contributed by atoms with Crippen molar-refractivity contribution in [2.75, 3.05) is 13.1 Å². The lowest BCUT2D eigenvalue weighted by Gasteiger charge is -2.37. The van der Waals surface area contributed by atoms with E-state index >= 15 is 0 Å². The minimum atomic E-state index is -0.893. The van der Waals surface area contributed by atoms with Crippen LogP contribution >= 0.6 is 0 Å². The van der Waals surface area contributed by atoms with Gasteiger partial charge in [0.25, 0.3) is 0 Å². The van der Waals surface area contributed by atoms with Crippen LogP contribution in [0.15, 0.2) is 0 Å². The monoisotopic (exact) mass is 242 g/mol. The molecule has 2 atom stereocenters. The summed E-state index contributed by atoms with van der Waals surface area (Å²) < 4.78 is 0. The third-order valence-corrected chi connectivity index (χ3v) is 3.17. The molecule has 1 fully saturated rings. The van der Waals surface area contributed by atoms with E-state index in [0.29, 0.717) is 6.54 Å². The molecule has 2 unspecified atom stereocenters. The van der Waals surface area contributed by atoms with Gasteiger partial charge in [0.2, 0.25) is 5.91 Å². The number of nitrogens with one attached hydrogen (secondary N) is 1. The van der Waals surface area contributed by atoms with Gasteiger partial charge in [-0.25, -0.2) is 4.79 Å². The minimum Gasteiger partial charge on any atom is -0.480 e. The van der Waals surface area contributed by atoms with E-state index in [2.05, 4.69) is 5.32 Å². The lowest BCUT2D eigenvalue weighted by Crippen LogP contribution is -2.54. The highest BCUT2D eigenvalue weighted by Gasteiger charge is 2.36. The maximum absolute atomic E-state index is 12.0. The fourth-order valence-electron chi connectivity index (χ4n) is 2.24. The number of carboxylic acids is 1. The number of hydrogen-bond acceptors (Lipinski definition) is 3. The Morgan fingerprint density at radius 1 is 1.47 bits per heavy atom. The molecule has 98 valence electrons. The van der Waals surface area contributed by atoms with E-state index in [4.69, 9.17) is 0 Å². The Bertz CT molecular complexity index is 291. The van der Waals surface area contributed by atoms with Crippen molar-refractivity contribution in [3.8, 4) is 0 Å². The van der Waals surface area contributed by atoms with Gasteiger partial charge in [-0.2, -0.15) is 0 Å². The minimum absolute atomic E-state index is 0.0317. The van der Waals surface area contributed by atoms with Crippen LogP contribution in [0, 0.1) is 5.92 Å². The summed E-state index contributed by atoms with van der Waals surface area (Å²) in [6.45, 7) is 6.59. The first-order chi connectivity index (χ1) is 7.93. The Morgan fingerprint density at radius 3 is 2.65 bits per heavy atom. The Morgan fingerprint density at radius 2 is 2.12 bits per heavy atom.